The highest BCUT2D eigenvalue weighted by atomic mass is 16.5. The van der Waals surface area contributed by atoms with E-state index in [0.717, 1.165) is 12.0 Å². The smallest absolute Gasteiger partial charge is 0.305 e. The number of nitrogens with zero attached hydrogens (tertiary/aromatic N) is 2. The van der Waals surface area contributed by atoms with Crippen molar-refractivity contribution in [2.45, 2.75) is 25.3 Å². The molecule has 1 aliphatic rings. The van der Waals surface area contributed by atoms with Gasteiger partial charge >= 0.3 is 5.97 Å². The van der Waals surface area contributed by atoms with Crippen molar-refractivity contribution >= 4 is 11.9 Å². The Hall–Kier alpha value is -2.63. The molecular formula is C16H16N2O4. The Morgan fingerprint density at radius 2 is 2.09 bits per heavy atom. The molecular weight excluding hydrogens is 284 g/mol. The van der Waals surface area contributed by atoms with Crippen molar-refractivity contribution < 1.29 is 19.2 Å². The van der Waals surface area contributed by atoms with Crippen LogP contribution in [0, 0.1) is 0 Å². The van der Waals surface area contributed by atoms with Gasteiger partial charge in [-0.1, -0.05) is 35.5 Å². The van der Waals surface area contributed by atoms with Crippen LogP contribution in [0.25, 0.3) is 11.3 Å². The summed E-state index contributed by atoms with van der Waals surface area (Å²) in [7, 11) is 0. The molecule has 0 spiro atoms. The predicted molar refractivity (Wildman–Crippen MR) is 78.3 cm³/mol. The van der Waals surface area contributed by atoms with E-state index < -0.39 is 5.97 Å². The molecule has 1 amide bonds. The summed E-state index contributed by atoms with van der Waals surface area (Å²) >= 11 is 0. The molecule has 2 aromatic rings. The van der Waals surface area contributed by atoms with Crippen LogP contribution in [0.5, 0.6) is 0 Å². The molecule has 0 saturated carbocycles. The van der Waals surface area contributed by atoms with E-state index in [1.807, 2.05) is 30.3 Å². The van der Waals surface area contributed by atoms with E-state index in [0.29, 0.717) is 18.7 Å². The van der Waals surface area contributed by atoms with Gasteiger partial charge in [0.25, 0.3) is 5.91 Å². The van der Waals surface area contributed by atoms with Crippen molar-refractivity contribution in [2.75, 3.05) is 6.54 Å². The average molecular weight is 300 g/mol. The Balaban J connectivity index is 1.78. The van der Waals surface area contributed by atoms with E-state index in [4.69, 9.17) is 9.63 Å². The zero-order valence-electron chi connectivity index (χ0n) is 11.9. The number of amides is 1. The molecule has 1 saturated heterocycles. The summed E-state index contributed by atoms with van der Waals surface area (Å²) in [5, 5.41) is 12.8. The zero-order valence-corrected chi connectivity index (χ0v) is 11.9. The Bertz CT molecular complexity index is 680. The summed E-state index contributed by atoms with van der Waals surface area (Å²) in [6.07, 6.45) is 1.49. The lowest BCUT2D eigenvalue weighted by molar-refractivity contribution is -0.137. The third-order valence-corrected chi connectivity index (χ3v) is 3.84. The number of hydrogen-bond donors (Lipinski definition) is 1. The molecule has 1 aliphatic heterocycles. The fraction of sp³-hybridized carbons (Fsp3) is 0.312. The van der Waals surface area contributed by atoms with E-state index in [-0.39, 0.29) is 24.1 Å². The highest BCUT2D eigenvalue weighted by molar-refractivity contribution is 5.93. The molecule has 1 unspecified atom stereocenters. The van der Waals surface area contributed by atoms with Crippen LogP contribution in [0.4, 0.5) is 0 Å². The molecule has 6 nitrogen and oxygen atoms in total. The quantitative estimate of drug-likeness (QED) is 0.937. The first kappa shape index (κ1) is 14.3. The molecule has 1 atom stereocenters. The van der Waals surface area contributed by atoms with Gasteiger partial charge in [-0.2, -0.15) is 0 Å². The second kappa shape index (κ2) is 6.01. The largest absolute Gasteiger partial charge is 0.481 e. The summed E-state index contributed by atoms with van der Waals surface area (Å²) in [6.45, 7) is 0.560. The van der Waals surface area contributed by atoms with Gasteiger partial charge in [0.1, 0.15) is 0 Å². The number of carboxylic acid groups (broad SMARTS) is 1. The van der Waals surface area contributed by atoms with Gasteiger partial charge in [0.2, 0.25) is 0 Å². The van der Waals surface area contributed by atoms with Crippen LogP contribution >= 0.6 is 0 Å². The highest BCUT2D eigenvalue weighted by Gasteiger charge is 2.32. The number of carboxylic acids is 1. The normalized spacial score (nSPS) is 17.6. The maximum Gasteiger partial charge on any atom is 0.305 e. The number of benzene rings is 1. The summed E-state index contributed by atoms with van der Waals surface area (Å²) in [6, 6.07) is 10.7. The molecule has 2 heterocycles. The first-order valence-electron chi connectivity index (χ1n) is 7.20. The minimum Gasteiger partial charge on any atom is -0.481 e. The molecule has 0 aliphatic carbocycles. The van der Waals surface area contributed by atoms with Gasteiger partial charge in [-0.05, 0) is 12.8 Å². The Morgan fingerprint density at radius 3 is 2.82 bits per heavy atom. The second-order valence-electron chi connectivity index (χ2n) is 5.33. The Morgan fingerprint density at radius 1 is 1.32 bits per heavy atom. The number of carbonyl (C=O) groups is 2. The summed E-state index contributed by atoms with van der Waals surface area (Å²) < 4.78 is 5.23. The van der Waals surface area contributed by atoms with Crippen molar-refractivity contribution in [1.82, 2.24) is 10.1 Å². The summed E-state index contributed by atoms with van der Waals surface area (Å²) in [5.74, 6) is -0.637. The number of aliphatic carboxylic acids is 1. The highest BCUT2D eigenvalue weighted by Crippen LogP contribution is 2.25. The first-order valence-corrected chi connectivity index (χ1v) is 7.20. The van der Waals surface area contributed by atoms with Gasteiger partial charge in [0.15, 0.2) is 11.5 Å². The Labute approximate surface area is 127 Å². The zero-order chi connectivity index (χ0) is 15.5. The van der Waals surface area contributed by atoms with Gasteiger partial charge in [-0.25, -0.2) is 0 Å². The standard InChI is InChI=1S/C16H16N2O4/c19-15(20)9-12-7-4-8-18(12)16(21)13-10-14(22-17-13)11-5-2-1-3-6-11/h1-3,5-6,10,12H,4,7-9H2,(H,19,20). The molecule has 3 rings (SSSR count). The number of aromatic nitrogens is 1. The first-order chi connectivity index (χ1) is 10.6. The third kappa shape index (κ3) is 2.86. The maximum atomic E-state index is 12.5. The van der Waals surface area contributed by atoms with E-state index in [2.05, 4.69) is 5.16 Å². The van der Waals surface area contributed by atoms with Crippen molar-refractivity contribution in [2.24, 2.45) is 0 Å². The molecule has 1 aromatic heterocycles. The van der Waals surface area contributed by atoms with Crippen LogP contribution in [-0.2, 0) is 4.79 Å². The SMILES string of the molecule is O=C(O)CC1CCCN1C(=O)c1cc(-c2ccccc2)on1. The lowest BCUT2D eigenvalue weighted by atomic mass is 10.1. The summed E-state index contributed by atoms with van der Waals surface area (Å²) in [4.78, 5) is 25.0. The van der Waals surface area contributed by atoms with E-state index in [9.17, 15) is 9.59 Å². The van der Waals surface area contributed by atoms with E-state index >= 15 is 0 Å². The predicted octanol–water partition coefficient (Wildman–Crippen LogP) is 2.42. The molecule has 6 heteroatoms. The van der Waals surface area contributed by atoms with E-state index in [1.54, 1.807) is 11.0 Å². The molecule has 1 aromatic carbocycles. The average Bonchev–Trinajstić information content (AvgIpc) is 3.16. The molecule has 1 fully saturated rings. The lowest BCUT2D eigenvalue weighted by Gasteiger charge is -2.22. The van der Waals surface area contributed by atoms with Crippen LogP contribution in [0.1, 0.15) is 29.8 Å². The van der Waals surface area contributed by atoms with Crippen LogP contribution in [0.2, 0.25) is 0 Å². The fourth-order valence-electron chi connectivity index (χ4n) is 2.78. The van der Waals surface area contributed by atoms with Crippen LogP contribution in [-0.4, -0.2) is 39.6 Å². The molecule has 22 heavy (non-hydrogen) atoms. The van der Waals surface area contributed by atoms with Crippen LogP contribution in [0.15, 0.2) is 40.9 Å². The minimum absolute atomic E-state index is 0.0326. The van der Waals surface area contributed by atoms with Crippen LogP contribution < -0.4 is 0 Å². The van der Waals surface area contributed by atoms with Gasteiger partial charge in [-0.3, -0.25) is 9.59 Å². The number of likely N-dealkylation sites (tertiary alicyclic amines) is 1. The Kier molecular flexibility index (Phi) is 3.91. The number of hydrogen-bond acceptors (Lipinski definition) is 4. The summed E-state index contributed by atoms with van der Waals surface area (Å²) in [5.41, 5.74) is 1.06. The van der Waals surface area contributed by atoms with Gasteiger partial charge in [-0.15, -0.1) is 0 Å². The second-order valence-corrected chi connectivity index (χ2v) is 5.33. The topological polar surface area (TPSA) is 83.6 Å². The third-order valence-electron chi connectivity index (χ3n) is 3.84. The van der Waals surface area contributed by atoms with Gasteiger partial charge in [0.05, 0.1) is 6.42 Å². The van der Waals surface area contributed by atoms with Crippen molar-refractivity contribution in [3.05, 3.63) is 42.1 Å². The monoisotopic (exact) mass is 300 g/mol. The van der Waals surface area contributed by atoms with Crippen LogP contribution in [0.3, 0.4) is 0 Å². The van der Waals surface area contributed by atoms with Gasteiger partial charge in [0, 0.05) is 24.2 Å². The van der Waals surface area contributed by atoms with Crippen molar-refractivity contribution in [3.8, 4) is 11.3 Å². The fourth-order valence-corrected chi connectivity index (χ4v) is 2.78. The molecule has 114 valence electrons. The van der Waals surface area contributed by atoms with Crippen molar-refractivity contribution in [3.63, 3.8) is 0 Å². The van der Waals surface area contributed by atoms with E-state index in [1.165, 1.54) is 0 Å². The lowest BCUT2D eigenvalue weighted by Crippen LogP contribution is -2.37. The van der Waals surface area contributed by atoms with Crippen molar-refractivity contribution in [1.29, 1.82) is 0 Å². The number of rotatable bonds is 4. The molecule has 1 N–H and O–H groups in total. The minimum atomic E-state index is -0.894. The molecule has 0 bridgehead atoms. The number of carbonyl (C=O) groups excluding carboxylic acids is 1. The maximum absolute atomic E-state index is 12.5. The molecule has 0 radical (unpaired) electrons. The van der Waals surface area contributed by atoms with Gasteiger partial charge < -0.3 is 14.5 Å².